The number of hydrogen-bond acceptors (Lipinski definition) is 5. The molecule has 7 heteroatoms. The van der Waals surface area contributed by atoms with Crippen molar-refractivity contribution in [2.45, 2.75) is 32.2 Å². The van der Waals surface area contributed by atoms with E-state index in [4.69, 9.17) is 0 Å². The van der Waals surface area contributed by atoms with Crippen molar-refractivity contribution in [1.29, 1.82) is 0 Å². The lowest BCUT2D eigenvalue weighted by molar-refractivity contribution is -0.120. The molecule has 2 aromatic heterocycles. The fourth-order valence-corrected chi connectivity index (χ4v) is 2.78. The van der Waals surface area contributed by atoms with Gasteiger partial charge in [-0.15, -0.1) is 0 Å². The Balaban J connectivity index is 1.73. The van der Waals surface area contributed by atoms with Crippen molar-refractivity contribution in [2.24, 2.45) is 0 Å². The van der Waals surface area contributed by atoms with Crippen LogP contribution in [0.1, 0.15) is 42.6 Å². The molecule has 0 aliphatic rings. The Bertz CT molecular complexity index is 875. The lowest BCUT2D eigenvalue weighted by atomic mass is 10.1. The van der Waals surface area contributed by atoms with Crippen molar-refractivity contribution < 1.29 is 9.59 Å². The molecule has 2 amide bonds. The monoisotopic (exact) mass is 337 g/mol. The smallest absolute Gasteiger partial charge is 0.257 e. The summed E-state index contributed by atoms with van der Waals surface area (Å²) in [6.07, 6.45) is 6.63. The zero-order valence-electron chi connectivity index (χ0n) is 13.9. The van der Waals surface area contributed by atoms with Gasteiger partial charge in [0, 0.05) is 18.0 Å². The van der Waals surface area contributed by atoms with Gasteiger partial charge in [0.25, 0.3) is 5.91 Å². The van der Waals surface area contributed by atoms with E-state index in [1.807, 2.05) is 17.6 Å². The highest BCUT2D eigenvalue weighted by Gasteiger charge is 2.19. The molecule has 1 unspecified atom stereocenters. The van der Waals surface area contributed by atoms with Crippen LogP contribution in [0.25, 0.3) is 11.2 Å². The summed E-state index contributed by atoms with van der Waals surface area (Å²) < 4.78 is 1.88. The highest BCUT2D eigenvalue weighted by atomic mass is 16.2. The second-order valence-corrected chi connectivity index (χ2v) is 5.77. The quantitative estimate of drug-likeness (QED) is 0.746. The van der Waals surface area contributed by atoms with Crippen LogP contribution < -0.4 is 5.32 Å². The molecule has 1 aromatic carbocycles. The highest BCUT2D eigenvalue weighted by Crippen LogP contribution is 2.22. The van der Waals surface area contributed by atoms with Crippen molar-refractivity contribution >= 4 is 23.0 Å². The maximum Gasteiger partial charge on any atom is 0.257 e. The van der Waals surface area contributed by atoms with Gasteiger partial charge in [-0.3, -0.25) is 14.9 Å². The minimum Gasteiger partial charge on any atom is -0.312 e. The van der Waals surface area contributed by atoms with Crippen LogP contribution in [-0.4, -0.2) is 31.3 Å². The molecule has 0 aliphatic carbocycles. The van der Waals surface area contributed by atoms with Gasteiger partial charge in [-0.2, -0.15) is 0 Å². The van der Waals surface area contributed by atoms with Crippen LogP contribution in [-0.2, 0) is 4.79 Å². The third-order valence-electron chi connectivity index (χ3n) is 3.96. The molecule has 128 valence electrons. The Kier molecular flexibility index (Phi) is 5.13. The van der Waals surface area contributed by atoms with Crippen LogP contribution in [0.5, 0.6) is 0 Å². The summed E-state index contributed by atoms with van der Waals surface area (Å²) in [6, 6.07) is 8.57. The van der Waals surface area contributed by atoms with Crippen molar-refractivity contribution in [1.82, 2.24) is 24.8 Å². The molecule has 0 aliphatic heterocycles. The van der Waals surface area contributed by atoms with Gasteiger partial charge in [0.1, 0.15) is 11.8 Å². The zero-order valence-corrected chi connectivity index (χ0v) is 13.9. The fourth-order valence-electron chi connectivity index (χ4n) is 2.78. The number of fused-ring (bicyclic) bond motifs is 1. The third kappa shape index (κ3) is 3.88. The molecule has 1 atom stereocenters. The second-order valence-electron chi connectivity index (χ2n) is 5.77. The first-order chi connectivity index (χ1) is 12.2. The molecule has 0 saturated heterocycles. The summed E-state index contributed by atoms with van der Waals surface area (Å²) in [4.78, 5) is 36.9. The van der Waals surface area contributed by atoms with E-state index in [9.17, 15) is 9.59 Å². The summed E-state index contributed by atoms with van der Waals surface area (Å²) >= 11 is 0. The summed E-state index contributed by atoms with van der Waals surface area (Å²) in [6.45, 7) is 2.05. The van der Waals surface area contributed by atoms with Gasteiger partial charge in [-0.25, -0.2) is 15.0 Å². The van der Waals surface area contributed by atoms with Gasteiger partial charge in [0.05, 0.1) is 12.5 Å². The standard InChI is InChI=1S/C18H19N5O2/c1-2-6-14(23-12-21-15-10-19-11-20-17(15)23)9-16(24)22-18(25)13-7-4-3-5-8-13/h3-5,7-8,10-12,14H,2,6,9H2,1H3,(H,22,24,25). The second kappa shape index (κ2) is 7.65. The van der Waals surface area contributed by atoms with Crippen LogP contribution in [0, 0.1) is 0 Å². The van der Waals surface area contributed by atoms with Gasteiger partial charge in [0.2, 0.25) is 5.91 Å². The van der Waals surface area contributed by atoms with Crippen LogP contribution in [0.3, 0.4) is 0 Å². The Morgan fingerprint density at radius 3 is 2.76 bits per heavy atom. The number of carbonyl (C=O) groups is 2. The SMILES string of the molecule is CCCC(CC(=O)NC(=O)c1ccccc1)n1cnc2cncnc21. The van der Waals surface area contributed by atoms with Gasteiger partial charge in [-0.1, -0.05) is 31.5 Å². The number of rotatable bonds is 6. The minimum atomic E-state index is -0.390. The van der Waals surface area contributed by atoms with Crippen molar-refractivity contribution in [3.05, 3.63) is 54.7 Å². The van der Waals surface area contributed by atoms with E-state index < -0.39 is 5.91 Å². The third-order valence-corrected chi connectivity index (χ3v) is 3.96. The number of carbonyl (C=O) groups excluding carboxylic acids is 2. The van der Waals surface area contributed by atoms with E-state index in [0.717, 1.165) is 12.8 Å². The predicted octanol–water partition coefficient (Wildman–Crippen LogP) is 2.51. The number of nitrogens with zero attached hydrogens (tertiary/aromatic N) is 4. The maximum absolute atomic E-state index is 12.3. The summed E-state index contributed by atoms with van der Waals surface area (Å²) in [7, 11) is 0. The van der Waals surface area contributed by atoms with E-state index in [-0.39, 0.29) is 18.4 Å². The first-order valence-corrected chi connectivity index (χ1v) is 8.20. The van der Waals surface area contributed by atoms with Crippen molar-refractivity contribution in [3.63, 3.8) is 0 Å². The molecular weight excluding hydrogens is 318 g/mol. The van der Waals surface area contributed by atoms with Gasteiger partial charge >= 0.3 is 0 Å². The van der Waals surface area contributed by atoms with Crippen LogP contribution in [0.15, 0.2) is 49.2 Å². The molecular formula is C18H19N5O2. The van der Waals surface area contributed by atoms with E-state index in [1.165, 1.54) is 6.33 Å². The zero-order chi connectivity index (χ0) is 17.6. The Morgan fingerprint density at radius 2 is 2.00 bits per heavy atom. The van der Waals surface area contributed by atoms with Crippen molar-refractivity contribution in [3.8, 4) is 0 Å². The topological polar surface area (TPSA) is 89.8 Å². The molecule has 0 bridgehead atoms. The normalized spacial score (nSPS) is 12.0. The molecule has 3 aromatic rings. The summed E-state index contributed by atoms with van der Waals surface area (Å²) in [5.74, 6) is -0.707. The van der Waals surface area contributed by atoms with Crippen LogP contribution in [0.2, 0.25) is 0 Å². The van der Waals surface area contributed by atoms with Gasteiger partial charge in [0.15, 0.2) is 5.65 Å². The molecule has 2 heterocycles. The van der Waals surface area contributed by atoms with Gasteiger partial charge in [-0.05, 0) is 18.6 Å². The molecule has 0 fully saturated rings. The van der Waals surface area contributed by atoms with E-state index >= 15 is 0 Å². The van der Waals surface area contributed by atoms with Crippen LogP contribution in [0.4, 0.5) is 0 Å². The van der Waals surface area contributed by atoms with E-state index in [1.54, 1.807) is 36.8 Å². The maximum atomic E-state index is 12.3. The van der Waals surface area contributed by atoms with Gasteiger partial charge < -0.3 is 4.57 Å². The first kappa shape index (κ1) is 16.8. The number of amides is 2. The molecule has 0 saturated carbocycles. The lowest BCUT2D eigenvalue weighted by Gasteiger charge is -2.17. The summed E-state index contributed by atoms with van der Waals surface area (Å²) in [5.41, 5.74) is 1.84. The Labute approximate surface area is 145 Å². The number of imidazole rings is 1. The highest BCUT2D eigenvalue weighted by molar-refractivity contribution is 6.04. The van der Waals surface area contributed by atoms with Crippen molar-refractivity contribution in [2.75, 3.05) is 0 Å². The lowest BCUT2D eigenvalue weighted by Crippen LogP contribution is -2.32. The fraction of sp³-hybridized carbons (Fsp3) is 0.278. The number of benzene rings is 1. The Hall–Kier alpha value is -3.09. The number of imide groups is 1. The molecule has 3 rings (SSSR count). The van der Waals surface area contributed by atoms with E-state index in [2.05, 4.69) is 20.3 Å². The largest absolute Gasteiger partial charge is 0.312 e. The average molecular weight is 337 g/mol. The number of hydrogen-bond donors (Lipinski definition) is 1. The predicted molar refractivity (Wildman–Crippen MR) is 92.8 cm³/mol. The summed E-state index contributed by atoms with van der Waals surface area (Å²) in [5, 5.41) is 2.45. The van der Waals surface area contributed by atoms with Crippen LogP contribution >= 0.6 is 0 Å². The first-order valence-electron chi connectivity index (χ1n) is 8.20. The Morgan fingerprint density at radius 1 is 1.20 bits per heavy atom. The molecule has 0 radical (unpaired) electrons. The molecule has 25 heavy (non-hydrogen) atoms. The minimum absolute atomic E-state index is 0.117. The molecule has 0 spiro atoms. The van der Waals surface area contributed by atoms with E-state index in [0.29, 0.717) is 16.7 Å². The number of aromatic nitrogens is 4. The molecule has 1 N–H and O–H groups in total. The average Bonchev–Trinajstić information content (AvgIpc) is 3.06. The number of nitrogens with one attached hydrogen (secondary N) is 1. The molecule has 7 nitrogen and oxygen atoms in total.